The van der Waals surface area contributed by atoms with Crippen LogP contribution >= 0.6 is 0 Å². The predicted molar refractivity (Wildman–Crippen MR) is 152 cm³/mol. The zero-order valence-electron chi connectivity index (χ0n) is 25.2. The number of methoxy groups -OCH3 is 3. The number of amides is 1. The molecule has 42 heavy (non-hydrogen) atoms. The van der Waals surface area contributed by atoms with Crippen molar-refractivity contribution in [2.45, 2.75) is 87.1 Å². The lowest BCUT2D eigenvalue weighted by Crippen LogP contribution is -2.83. The molecule has 5 saturated carbocycles. The van der Waals surface area contributed by atoms with Gasteiger partial charge in [0.1, 0.15) is 16.8 Å². The zero-order chi connectivity index (χ0) is 29.8. The first kappa shape index (κ1) is 28.7. The van der Waals surface area contributed by atoms with Crippen LogP contribution in [0, 0.1) is 29.1 Å². The number of likely N-dealkylation sites (N-methyl/N-ethyl adjacent to an activating group) is 1. The summed E-state index contributed by atoms with van der Waals surface area (Å²) in [5.41, 5.74) is -3.57. The molecule has 1 saturated heterocycles. The predicted octanol–water partition coefficient (Wildman–Crippen LogP) is 2.22. The van der Waals surface area contributed by atoms with Crippen LogP contribution in [0.3, 0.4) is 0 Å². The van der Waals surface area contributed by atoms with Crippen molar-refractivity contribution in [3.05, 3.63) is 29.8 Å². The molecule has 230 valence electrons. The highest BCUT2D eigenvalue weighted by Gasteiger charge is 2.89. The molecule has 6 aliphatic rings. The Balaban J connectivity index is 1.38. The number of benzene rings is 1. The molecule has 6 fully saturated rings. The molecule has 1 aromatic rings. The largest absolute Gasteiger partial charge is 0.454 e. The van der Waals surface area contributed by atoms with Crippen LogP contribution in [0.5, 0.6) is 0 Å². The number of aliphatic hydroxyl groups is 2. The Morgan fingerprint density at radius 2 is 1.83 bits per heavy atom. The van der Waals surface area contributed by atoms with Crippen molar-refractivity contribution in [2.24, 2.45) is 29.1 Å². The standard InChI is InChI=1S/C32H44N2O8/c1-6-34-16-29(42-28(36)18-9-7-8-10-21(18)33-17(2)35)12-11-25(40-4)31-23(29)14-20(26(31)34)30(37)15-22(39-3)19-13-24(31)32(30,38)27(19)41-5/h7-10,19-20,22-27,37-38H,6,11-16H2,1-5H3,(H,33,35)/t19-,20+,22-,23-,24-,25+,26+,27-,29+,30-,31+,32-/m0/s1. The summed E-state index contributed by atoms with van der Waals surface area (Å²) in [6.07, 6.45) is 1.91. The van der Waals surface area contributed by atoms with E-state index in [1.165, 1.54) is 6.92 Å². The highest BCUT2D eigenvalue weighted by Crippen LogP contribution is 2.79. The molecule has 0 radical (unpaired) electrons. The maximum absolute atomic E-state index is 14.0. The summed E-state index contributed by atoms with van der Waals surface area (Å²) in [6.45, 7) is 4.79. The Bertz CT molecular complexity index is 1290. The van der Waals surface area contributed by atoms with Gasteiger partial charge in [-0.2, -0.15) is 0 Å². The van der Waals surface area contributed by atoms with Crippen molar-refractivity contribution < 1.29 is 38.7 Å². The van der Waals surface area contributed by atoms with Crippen LogP contribution in [0.15, 0.2) is 24.3 Å². The average molecular weight is 585 g/mol. The van der Waals surface area contributed by atoms with Crippen molar-refractivity contribution in [3.8, 4) is 0 Å². The molecule has 3 N–H and O–H groups in total. The van der Waals surface area contributed by atoms with Gasteiger partial charge < -0.3 is 34.5 Å². The average Bonchev–Trinajstić information content (AvgIpc) is 3.39. The van der Waals surface area contributed by atoms with Gasteiger partial charge in [-0.15, -0.1) is 0 Å². The van der Waals surface area contributed by atoms with Gasteiger partial charge in [0.25, 0.3) is 0 Å². The van der Waals surface area contributed by atoms with Gasteiger partial charge in [-0.05, 0) is 44.4 Å². The minimum absolute atomic E-state index is 0.0432. The van der Waals surface area contributed by atoms with Gasteiger partial charge in [-0.1, -0.05) is 19.1 Å². The fraction of sp³-hybridized carbons (Fsp3) is 0.750. The lowest BCUT2D eigenvalue weighted by molar-refractivity contribution is -0.337. The molecule has 10 heteroatoms. The third-order valence-corrected chi connectivity index (χ3v) is 12.6. The second-order valence-electron chi connectivity index (χ2n) is 13.7. The molecule has 5 aliphatic carbocycles. The topological polar surface area (TPSA) is 127 Å². The number of fused-ring (bicyclic) bond motifs is 2. The van der Waals surface area contributed by atoms with Gasteiger partial charge in [-0.25, -0.2) is 4.79 Å². The summed E-state index contributed by atoms with van der Waals surface area (Å²) >= 11 is 0. The Labute approximate surface area is 247 Å². The van der Waals surface area contributed by atoms with E-state index in [0.29, 0.717) is 56.4 Å². The molecule has 12 atom stereocenters. The third-order valence-electron chi connectivity index (χ3n) is 12.6. The minimum atomic E-state index is -1.48. The molecule has 10 nitrogen and oxygen atoms in total. The number of ether oxygens (including phenoxy) is 4. The normalized spacial score (nSPS) is 48.2. The molecule has 0 aromatic heterocycles. The lowest BCUT2D eigenvalue weighted by Gasteiger charge is -2.70. The number of para-hydroxylation sites is 1. The van der Waals surface area contributed by atoms with E-state index in [1.807, 2.05) is 0 Å². The van der Waals surface area contributed by atoms with E-state index in [2.05, 4.69) is 17.1 Å². The Kier molecular flexibility index (Phi) is 6.46. The fourth-order valence-corrected chi connectivity index (χ4v) is 11.6. The molecule has 1 aromatic carbocycles. The molecular formula is C32H44N2O8. The summed E-state index contributed by atoms with van der Waals surface area (Å²) in [7, 11) is 5.05. The molecule has 1 amide bonds. The van der Waals surface area contributed by atoms with Gasteiger partial charge in [0, 0.05) is 76.3 Å². The first-order valence-corrected chi connectivity index (χ1v) is 15.4. The van der Waals surface area contributed by atoms with Gasteiger partial charge in [0.15, 0.2) is 0 Å². The quantitative estimate of drug-likeness (QED) is 0.414. The van der Waals surface area contributed by atoms with Crippen LogP contribution in [-0.2, 0) is 23.7 Å². The van der Waals surface area contributed by atoms with Crippen LogP contribution in [0.4, 0.5) is 5.69 Å². The first-order valence-electron chi connectivity index (χ1n) is 15.4. The van der Waals surface area contributed by atoms with Crippen molar-refractivity contribution >= 4 is 17.6 Å². The number of esters is 1. The van der Waals surface area contributed by atoms with Gasteiger partial charge in [0.05, 0.1) is 29.6 Å². The summed E-state index contributed by atoms with van der Waals surface area (Å²) in [6, 6.07) is 6.89. The molecule has 7 rings (SSSR count). The summed E-state index contributed by atoms with van der Waals surface area (Å²) in [5.74, 6) is -1.54. The van der Waals surface area contributed by atoms with E-state index < -0.39 is 34.3 Å². The van der Waals surface area contributed by atoms with E-state index >= 15 is 0 Å². The number of nitrogens with one attached hydrogen (secondary N) is 1. The van der Waals surface area contributed by atoms with Crippen LogP contribution < -0.4 is 5.32 Å². The zero-order valence-corrected chi connectivity index (χ0v) is 25.2. The molecule has 1 aliphatic heterocycles. The fourth-order valence-electron chi connectivity index (χ4n) is 11.6. The van der Waals surface area contributed by atoms with Crippen molar-refractivity contribution in [2.75, 3.05) is 39.7 Å². The second-order valence-corrected chi connectivity index (χ2v) is 13.7. The maximum atomic E-state index is 14.0. The number of rotatable bonds is 7. The minimum Gasteiger partial charge on any atom is -0.454 e. The molecule has 0 unspecified atom stereocenters. The number of anilines is 1. The van der Waals surface area contributed by atoms with E-state index in [9.17, 15) is 19.8 Å². The van der Waals surface area contributed by atoms with Crippen LogP contribution in [0.1, 0.15) is 56.3 Å². The number of likely N-dealkylation sites (tertiary alicyclic amines) is 1. The molecule has 1 spiro atoms. The molecule has 1 heterocycles. The maximum Gasteiger partial charge on any atom is 0.340 e. The first-order chi connectivity index (χ1) is 20.1. The van der Waals surface area contributed by atoms with Crippen LogP contribution in [0.25, 0.3) is 0 Å². The summed E-state index contributed by atoms with van der Waals surface area (Å²) in [5, 5.41) is 28.4. The number of hydrogen-bond donors (Lipinski definition) is 3. The number of carbonyl (C=O) groups is 2. The Hall–Kier alpha value is -2.08. The third kappa shape index (κ3) is 3.21. The molecular weight excluding hydrogens is 540 g/mol. The number of carbonyl (C=O) groups excluding carboxylic acids is 2. The van der Waals surface area contributed by atoms with Crippen LogP contribution in [-0.4, -0.2) is 103 Å². The lowest BCUT2D eigenvalue weighted by atomic mass is 9.44. The van der Waals surface area contributed by atoms with Gasteiger partial charge >= 0.3 is 5.97 Å². The Morgan fingerprint density at radius 3 is 2.50 bits per heavy atom. The number of piperidine rings is 1. The SMILES string of the molecule is CCN1C[C@]2(OC(=O)c3ccccc3NC(C)=O)CC[C@@H](OC)[C@@]34[C@H]1[C@@H](C[C@@H]23)[C@@]1(O)C[C@H](OC)[C@@H]2C[C@@H]4[C@]1(O)[C@H]2OC. The van der Waals surface area contributed by atoms with E-state index in [-0.39, 0.29) is 47.8 Å². The highest BCUT2D eigenvalue weighted by molar-refractivity contribution is 6.00. The van der Waals surface area contributed by atoms with E-state index in [1.54, 1.807) is 45.6 Å². The second kappa shape index (κ2) is 9.46. The van der Waals surface area contributed by atoms with E-state index in [0.717, 1.165) is 0 Å². The highest BCUT2D eigenvalue weighted by atomic mass is 16.6. The summed E-state index contributed by atoms with van der Waals surface area (Å²) in [4.78, 5) is 28.3. The van der Waals surface area contributed by atoms with E-state index in [4.69, 9.17) is 18.9 Å². The number of hydrogen-bond acceptors (Lipinski definition) is 9. The Morgan fingerprint density at radius 1 is 1.07 bits per heavy atom. The van der Waals surface area contributed by atoms with Crippen molar-refractivity contribution in [3.63, 3.8) is 0 Å². The monoisotopic (exact) mass is 584 g/mol. The molecule has 7 bridgehead atoms. The van der Waals surface area contributed by atoms with Crippen molar-refractivity contribution in [1.82, 2.24) is 4.90 Å². The van der Waals surface area contributed by atoms with Crippen LogP contribution in [0.2, 0.25) is 0 Å². The summed E-state index contributed by atoms with van der Waals surface area (Å²) < 4.78 is 25.1. The number of nitrogens with zero attached hydrogens (tertiary/aromatic N) is 1. The van der Waals surface area contributed by atoms with Crippen molar-refractivity contribution in [1.29, 1.82) is 0 Å². The van der Waals surface area contributed by atoms with Gasteiger partial charge in [0.2, 0.25) is 5.91 Å². The smallest absolute Gasteiger partial charge is 0.340 e. The van der Waals surface area contributed by atoms with Gasteiger partial charge in [-0.3, -0.25) is 9.69 Å².